The van der Waals surface area contributed by atoms with Crippen molar-refractivity contribution in [3.63, 3.8) is 0 Å². The second kappa shape index (κ2) is 6.87. The van der Waals surface area contributed by atoms with E-state index in [1.807, 2.05) is 32.0 Å². The van der Waals surface area contributed by atoms with Gasteiger partial charge in [0, 0.05) is 10.6 Å². The Hall–Kier alpha value is -1.66. The fraction of sp³-hybridized carbons (Fsp3) is 0.214. The van der Waals surface area contributed by atoms with Gasteiger partial charge in [0.1, 0.15) is 6.54 Å². The fourth-order valence-electron chi connectivity index (χ4n) is 1.75. The first-order chi connectivity index (χ1) is 9.99. The van der Waals surface area contributed by atoms with E-state index >= 15 is 0 Å². The highest BCUT2D eigenvalue weighted by molar-refractivity contribution is 9.10. The maximum Gasteiger partial charge on any atom is 0.261 e. The second-order valence-electron chi connectivity index (χ2n) is 4.46. The number of benzene rings is 1. The minimum atomic E-state index is -0.253. The van der Waals surface area contributed by atoms with Crippen LogP contribution < -0.4 is 5.43 Å². The van der Waals surface area contributed by atoms with Gasteiger partial charge in [-0.15, -0.1) is 0 Å². The Morgan fingerprint density at radius 2 is 2.19 bits per heavy atom. The fourth-order valence-corrected chi connectivity index (χ4v) is 2.22. The first-order valence-corrected chi connectivity index (χ1v) is 7.42. The summed E-state index contributed by atoms with van der Waals surface area (Å²) in [5, 5.41) is 8.74. The van der Waals surface area contributed by atoms with E-state index in [1.54, 1.807) is 10.7 Å². The average Bonchev–Trinajstić information content (AvgIpc) is 2.68. The lowest BCUT2D eigenvalue weighted by atomic mass is 10.2. The van der Waals surface area contributed by atoms with Gasteiger partial charge in [0.2, 0.25) is 0 Å². The van der Waals surface area contributed by atoms with Gasteiger partial charge in [0.25, 0.3) is 5.91 Å². The van der Waals surface area contributed by atoms with Crippen molar-refractivity contribution in [2.24, 2.45) is 5.10 Å². The summed E-state index contributed by atoms with van der Waals surface area (Å²) >= 11 is 9.41. The summed E-state index contributed by atoms with van der Waals surface area (Å²) in [6, 6.07) is 7.26. The molecule has 1 aromatic carbocycles. The second-order valence-corrected chi connectivity index (χ2v) is 5.66. The zero-order chi connectivity index (χ0) is 15.4. The maximum absolute atomic E-state index is 11.8. The van der Waals surface area contributed by atoms with E-state index in [1.165, 1.54) is 6.21 Å². The van der Waals surface area contributed by atoms with Crippen molar-refractivity contribution in [2.75, 3.05) is 0 Å². The van der Waals surface area contributed by atoms with E-state index < -0.39 is 0 Å². The van der Waals surface area contributed by atoms with E-state index in [-0.39, 0.29) is 12.5 Å². The van der Waals surface area contributed by atoms with Crippen LogP contribution in [-0.2, 0) is 11.3 Å². The molecule has 0 bridgehead atoms. The number of carbonyl (C=O) groups excluding carboxylic acids is 1. The van der Waals surface area contributed by atoms with E-state index in [2.05, 4.69) is 31.6 Å². The van der Waals surface area contributed by atoms with Crippen molar-refractivity contribution < 1.29 is 4.79 Å². The standard InChI is InChI=1S/C14H14BrClN4O/c1-9-14(15)10(2)20(19-9)8-13(21)18-17-7-11-5-3-4-6-12(11)16/h3-7H,8H2,1-2H3,(H,18,21)/b17-7+. The minimum absolute atomic E-state index is 0.109. The molecule has 5 nitrogen and oxygen atoms in total. The van der Waals surface area contributed by atoms with Crippen LogP contribution in [0.15, 0.2) is 33.8 Å². The normalized spacial score (nSPS) is 11.0. The quantitative estimate of drug-likeness (QED) is 0.665. The number of amides is 1. The summed E-state index contributed by atoms with van der Waals surface area (Å²) in [4.78, 5) is 11.8. The third-order valence-electron chi connectivity index (χ3n) is 2.88. The average molecular weight is 370 g/mol. The molecule has 21 heavy (non-hydrogen) atoms. The lowest BCUT2D eigenvalue weighted by molar-refractivity contribution is -0.121. The van der Waals surface area contributed by atoms with Gasteiger partial charge < -0.3 is 0 Å². The number of aryl methyl sites for hydroxylation is 1. The van der Waals surface area contributed by atoms with Gasteiger partial charge in [-0.3, -0.25) is 9.48 Å². The Morgan fingerprint density at radius 1 is 1.48 bits per heavy atom. The van der Waals surface area contributed by atoms with Gasteiger partial charge in [0.15, 0.2) is 0 Å². The molecule has 0 atom stereocenters. The molecule has 0 saturated heterocycles. The third-order valence-corrected chi connectivity index (χ3v) is 4.38. The molecule has 0 aliphatic carbocycles. The van der Waals surface area contributed by atoms with Crippen molar-refractivity contribution in [2.45, 2.75) is 20.4 Å². The number of carbonyl (C=O) groups is 1. The largest absolute Gasteiger partial charge is 0.271 e. The highest BCUT2D eigenvalue weighted by Gasteiger charge is 2.11. The van der Waals surface area contributed by atoms with E-state index in [4.69, 9.17) is 11.6 Å². The Kier molecular flexibility index (Phi) is 5.14. The van der Waals surface area contributed by atoms with Crippen LogP contribution in [0.3, 0.4) is 0 Å². The summed E-state index contributed by atoms with van der Waals surface area (Å²) < 4.78 is 2.54. The molecule has 0 aliphatic rings. The molecule has 1 heterocycles. The van der Waals surface area contributed by atoms with Crippen LogP contribution in [0.4, 0.5) is 0 Å². The van der Waals surface area contributed by atoms with Crippen molar-refractivity contribution in [1.82, 2.24) is 15.2 Å². The van der Waals surface area contributed by atoms with Crippen LogP contribution in [0, 0.1) is 13.8 Å². The molecule has 7 heteroatoms. The van der Waals surface area contributed by atoms with Crippen LogP contribution in [0.25, 0.3) is 0 Å². The molecule has 2 rings (SSSR count). The molecule has 0 radical (unpaired) electrons. The Bertz CT molecular complexity index is 696. The highest BCUT2D eigenvalue weighted by atomic mass is 79.9. The molecule has 110 valence electrons. The van der Waals surface area contributed by atoms with E-state index in [0.29, 0.717) is 5.02 Å². The summed E-state index contributed by atoms with van der Waals surface area (Å²) in [7, 11) is 0. The molecule has 0 spiro atoms. The predicted molar refractivity (Wildman–Crippen MR) is 86.6 cm³/mol. The maximum atomic E-state index is 11.8. The van der Waals surface area contributed by atoms with Crippen molar-refractivity contribution >= 4 is 39.7 Å². The van der Waals surface area contributed by atoms with Crippen LogP contribution in [0.2, 0.25) is 5.02 Å². The molecule has 0 fully saturated rings. The van der Waals surface area contributed by atoms with Crippen LogP contribution in [0.5, 0.6) is 0 Å². The molecule has 2 aromatic rings. The molecule has 0 unspecified atom stereocenters. The number of nitrogens with zero attached hydrogens (tertiary/aromatic N) is 3. The molecular formula is C14H14BrClN4O. The molecule has 0 aliphatic heterocycles. The summed E-state index contributed by atoms with van der Waals surface area (Å²) in [5.74, 6) is -0.253. The number of halogens is 2. The van der Waals surface area contributed by atoms with Crippen molar-refractivity contribution in [1.29, 1.82) is 0 Å². The number of aromatic nitrogens is 2. The van der Waals surface area contributed by atoms with E-state index in [0.717, 1.165) is 21.4 Å². The monoisotopic (exact) mass is 368 g/mol. The number of hydrazone groups is 1. The Morgan fingerprint density at radius 3 is 2.81 bits per heavy atom. The Balaban J connectivity index is 1.96. The van der Waals surface area contributed by atoms with Gasteiger partial charge in [-0.25, -0.2) is 5.43 Å². The molecule has 1 N–H and O–H groups in total. The number of hydrogen-bond donors (Lipinski definition) is 1. The van der Waals surface area contributed by atoms with Gasteiger partial charge in [-0.05, 0) is 35.8 Å². The predicted octanol–water partition coefficient (Wildman–Crippen LogP) is 3.07. The summed E-state index contributed by atoms with van der Waals surface area (Å²) in [5.41, 5.74) is 4.95. The topological polar surface area (TPSA) is 59.3 Å². The molecule has 1 aromatic heterocycles. The Labute approximate surface area is 136 Å². The van der Waals surface area contributed by atoms with Gasteiger partial charge in [-0.1, -0.05) is 29.8 Å². The van der Waals surface area contributed by atoms with Gasteiger partial charge in [-0.2, -0.15) is 10.2 Å². The molecule has 1 amide bonds. The SMILES string of the molecule is Cc1nn(CC(=O)N/N=C/c2ccccc2Cl)c(C)c1Br. The minimum Gasteiger partial charge on any atom is -0.271 e. The van der Waals surface area contributed by atoms with Gasteiger partial charge in [0.05, 0.1) is 22.1 Å². The first-order valence-electron chi connectivity index (χ1n) is 6.25. The van der Waals surface area contributed by atoms with Crippen molar-refractivity contribution in [3.05, 3.63) is 50.7 Å². The first kappa shape index (κ1) is 15.7. The zero-order valence-electron chi connectivity index (χ0n) is 11.6. The van der Waals surface area contributed by atoms with Gasteiger partial charge >= 0.3 is 0 Å². The molecular weight excluding hydrogens is 356 g/mol. The van der Waals surface area contributed by atoms with Crippen molar-refractivity contribution in [3.8, 4) is 0 Å². The number of hydrogen-bond acceptors (Lipinski definition) is 3. The van der Waals surface area contributed by atoms with E-state index in [9.17, 15) is 4.79 Å². The lowest BCUT2D eigenvalue weighted by Gasteiger charge is -2.03. The van der Waals surface area contributed by atoms with Crippen LogP contribution in [0.1, 0.15) is 17.0 Å². The number of rotatable bonds is 4. The lowest BCUT2D eigenvalue weighted by Crippen LogP contribution is -2.24. The van der Waals surface area contributed by atoms with Crippen LogP contribution >= 0.6 is 27.5 Å². The smallest absolute Gasteiger partial charge is 0.261 e. The summed E-state index contributed by atoms with van der Waals surface area (Å²) in [6.07, 6.45) is 1.51. The highest BCUT2D eigenvalue weighted by Crippen LogP contribution is 2.19. The summed E-state index contributed by atoms with van der Waals surface area (Å²) in [6.45, 7) is 3.88. The third kappa shape index (κ3) is 3.92. The number of nitrogens with one attached hydrogen (secondary N) is 1. The van der Waals surface area contributed by atoms with Crippen LogP contribution in [-0.4, -0.2) is 21.9 Å². The molecule has 0 saturated carbocycles. The zero-order valence-corrected chi connectivity index (χ0v) is 13.9.